The monoisotopic (exact) mass is 484 g/mol. The number of carbonyl (C=O) groups is 2. The molecule has 0 aliphatic heterocycles. The van der Waals surface area contributed by atoms with Gasteiger partial charge in [0.1, 0.15) is 12.2 Å². The van der Waals surface area contributed by atoms with Gasteiger partial charge >= 0.3 is 11.9 Å². The summed E-state index contributed by atoms with van der Waals surface area (Å²) in [7, 11) is 0. The van der Waals surface area contributed by atoms with E-state index in [9.17, 15) is 9.59 Å². The highest BCUT2D eigenvalue weighted by atomic mass is 16.6. The van der Waals surface area contributed by atoms with E-state index >= 15 is 0 Å². The zero-order valence-electron chi connectivity index (χ0n) is 20.0. The van der Waals surface area contributed by atoms with Crippen molar-refractivity contribution in [1.29, 1.82) is 0 Å². The van der Waals surface area contributed by atoms with Crippen LogP contribution in [0, 0.1) is 0 Å². The Morgan fingerprint density at radius 3 is 1.41 bits per heavy atom. The molecule has 0 saturated heterocycles. The van der Waals surface area contributed by atoms with Crippen molar-refractivity contribution in [2.75, 3.05) is 0 Å². The molecule has 0 N–H and O–H groups in total. The molecule has 4 nitrogen and oxygen atoms in total. The fraction of sp³-hybridized carbons (Fsp3) is 0.152. The Labute approximate surface area is 214 Å². The molecule has 5 aromatic rings. The maximum Gasteiger partial charge on any atom is 0.339 e. The molecule has 7 rings (SSSR count). The van der Waals surface area contributed by atoms with Crippen LogP contribution in [0.5, 0.6) is 0 Å². The van der Waals surface area contributed by atoms with E-state index in [1.807, 2.05) is 84.9 Å². The Bertz CT molecular complexity index is 1550. The quantitative estimate of drug-likeness (QED) is 0.257. The minimum Gasteiger partial charge on any atom is -0.454 e. The highest BCUT2D eigenvalue weighted by Gasteiger charge is 2.55. The van der Waals surface area contributed by atoms with E-state index < -0.39 is 24.1 Å². The summed E-state index contributed by atoms with van der Waals surface area (Å²) >= 11 is 0. The lowest BCUT2D eigenvalue weighted by Gasteiger charge is -2.32. The van der Waals surface area contributed by atoms with Crippen LogP contribution in [0.4, 0.5) is 0 Å². The second-order valence-electron chi connectivity index (χ2n) is 9.87. The fourth-order valence-electron chi connectivity index (χ4n) is 6.27. The summed E-state index contributed by atoms with van der Waals surface area (Å²) < 4.78 is 12.4. The van der Waals surface area contributed by atoms with Crippen LogP contribution in [-0.4, -0.2) is 24.1 Å². The second kappa shape index (κ2) is 8.59. The van der Waals surface area contributed by atoms with Gasteiger partial charge < -0.3 is 9.47 Å². The molecule has 37 heavy (non-hydrogen) atoms. The first-order valence-electron chi connectivity index (χ1n) is 12.7. The number of rotatable bonds is 4. The highest BCUT2D eigenvalue weighted by Crippen LogP contribution is 2.55. The maximum absolute atomic E-state index is 13.5. The van der Waals surface area contributed by atoms with Gasteiger partial charge in [-0.3, -0.25) is 0 Å². The summed E-state index contributed by atoms with van der Waals surface area (Å²) in [5.74, 6) is -0.799. The molecule has 5 aromatic carbocycles. The van der Waals surface area contributed by atoms with Gasteiger partial charge in [-0.2, -0.15) is 0 Å². The van der Waals surface area contributed by atoms with Gasteiger partial charge in [0, 0.05) is 11.8 Å². The summed E-state index contributed by atoms with van der Waals surface area (Å²) in [5.41, 5.74) is 3.41. The minimum atomic E-state index is -0.551. The number of esters is 2. The van der Waals surface area contributed by atoms with E-state index in [2.05, 4.69) is 12.1 Å². The van der Waals surface area contributed by atoms with Gasteiger partial charge in [-0.05, 0) is 51.2 Å². The zero-order valence-corrected chi connectivity index (χ0v) is 20.0. The number of hydrogen-bond acceptors (Lipinski definition) is 4. The Kier molecular flexibility index (Phi) is 5.07. The number of hydrogen-bond donors (Lipinski definition) is 0. The van der Waals surface area contributed by atoms with E-state index in [4.69, 9.17) is 9.47 Å². The van der Waals surface area contributed by atoms with Crippen LogP contribution in [0.1, 0.15) is 50.1 Å². The Morgan fingerprint density at radius 2 is 0.919 bits per heavy atom. The molecule has 4 heteroatoms. The minimum absolute atomic E-state index is 0.00885. The van der Waals surface area contributed by atoms with Crippen LogP contribution in [0.2, 0.25) is 0 Å². The second-order valence-corrected chi connectivity index (χ2v) is 9.87. The van der Waals surface area contributed by atoms with Gasteiger partial charge in [0.05, 0.1) is 11.1 Å². The first kappa shape index (κ1) is 21.8. The van der Waals surface area contributed by atoms with Crippen molar-refractivity contribution in [2.24, 2.45) is 0 Å². The Balaban J connectivity index is 1.24. The summed E-state index contributed by atoms with van der Waals surface area (Å²) in [6.45, 7) is 0. The van der Waals surface area contributed by atoms with Crippen molar-refractivity contribution in [3.05, 3.63) is 131 Å². The third-order valence-corrected chi connectivity index (χ3v) is 7.93. The van der Waals surface area contributed by atoms with E-state index in [1.165, 1.54) is 11.1 Å². The molecule has 0 amide bonds. The van der Waals surface area contributed by atoms with Crippen LogP contribution < -0.4 is 0 Å². The Hall–Kier alpha value is -4.44. The molecule has 0 spiro atoms. The first-order chi connectivity index (χ1) is 18.2. The first-order valence-corrected chi connectivity index (χ1v) is 12.7. The summed E-state index contributed by atoms with van der Waals surface area (Å²) in [4.78, 5) is 27.0. The molecular formula is C33H24O4. The maximum atomic E-state index is 13.5. The molecule has 2 bridgehead atoms. The standard InChI is InChI=1S/C33H24O4/c34-32(26-17-7-11-20-9-1-3-13-22(20)26)36-30-28-19-29(25-16-6-5-15-24(25)28)31(30)37-33(35)27-18-8-12-21-10-2-4-14-23(21)27/h1-18,28-31H,19H2. The molecule has 0 radical (unpaired) electrons. The molecule has 180 valence electrons. The van der Waals surface area contributed by atoms with E-state index in [0.717, 1.165) is 28.0 Å². The smallest absolute Gasteiger partial charge is 0.339 e. The zero-order chi connectivity index (χ0) is 24.9. The van der Waals surface area contributed by atoms with Crippen molar-refractivity contribution < 1.29 is 19.1 Å². The molecule has 1 fully saturated rings. The average Bonchev–Trinajstić information content (AvgIpc) is 3.49. The third kappa shape index (κ3) is 3.52. The molecule has 2 aliphatic carbocycles. The lowest BCUT2D eigenvalue weighted by Crippen LogP contribution is -2.39. The van der Waals surface area contributed by atoms with E-state index in [0.29, 0.717) is 11.1 Å². The summed E-state index contributed by atoms with van der Waals surface area (Å²) in [6, 6.07) is 35.1. The van der Waals surface area contributed by atoms with Gasteiger partial charge in [0.15, 0.2) is 0 Å². The molecule has 1 saturated carbocycles. The normalized spacial score (nSPS) is 21.6. The van der Waals surface area contributed by atoms with Gasteiger partial charge in [-0.25, -0.2) is 9.59 Å². The topological polar surface area (TPSA) is 52.6 Å². The van der Waals surface area contributed by atoms with Crippen molar-refractivity contribution in [3.63, 3.8) is 0 Å². The summed E-state index contributed by atoms with van der Waals surface area (Å²) in [5, 5.41) is 3.66. The molecule has 2 aliphatic rings. The predicted molar refractivity (Wildman–Crippen MR) is 143 cm³/mol. The number of benzene rings is 5. The van der Waals surface area contributed by atoms with Gasteiger partial charge in [0.2, 0.25) is 0 Å². The van der Waals surface area contributed by atoms with E-state index in [-0.39, 0.29) is 11.8 Å². The molecule has 4 atom stereocenters. The molecule has 4 unspecified atom stereocenters. The number of fused-ring (bicyclic) bond motifs is 7. The van der Waals surface area contributed by atoms with Crippen LogP contribution in [0.25, 0.3) is 21.5 Å². The lowest BCUT2D eigenvalue weighted by molar-refractivity contribution is -0.0346. The van der Waals surface area contributed by atoms with Crippen LogP contribution in [0.15, 0.2) is 109 Å². The molecule has 0 heterocycles. The molecular weight excluding hydrogens is 460 g/mol. The van der Waals surface area contributed by atoms with Gasteiger partial charge in [0.25, 0.3) is 0 Å². The molecule has 0 aromatic heterocycles. The van der Waals surface area contributed by atoms with Crippen molar-refractivity contribution in [1.82, 2.24) is 0 Å². The Morgan fingerprint density at radius 1 is 0.514 bits per heavy atom. The predicted octanol–water partition coefficient (Wildman–Crippen LogP) is 7.03. The largest absolute Gasteiger partial charge is 0.454 e. The SMILES string of the molecule is O=C(OC1C2CC(c3ccccc32)C1OC(=O)c1cccc2ccccc12)c1cccc2ccccc12. The van der Waals surface area contributed by atoms with Crippen LogP contribution in [-0.2, 0) is 9.47 Å². The van der Waals surface area contributed by atoms with Crippen molar-refractivity contribution >= 4 is 33.5 Å². The van der Waals surface area contributed by atoms with Gasteiger partial charge in [-0.1, -0.05) is 97.1 Å². The van der Waals surface area contributed by atoms with Crippen molar-refractivity contribution in [2.45, 2.75) is 30.5 Å². The average molecular weight is 485 g/mol. The van der Waals surface area contributed by atoms with Crippen molar-refractivity contribution in [3.8, 4) is 0 Å². The lowest BCUT2D eigenvalue weighted by atomic mass is 9.87. The van der Waals surface area contributed by atoms with Crippen LogP contribution in [0.3, 0.4) is 0 Å². The third-order valence-electron chi connectivity index (χ3n) is 7.93. The fourth-order valence-corrected chi connectivity index (χ4v) is 6.27. The number of carbonyl (C=O) groups excluding carboxylic acids is 2. The van der Waals surface area contributed by atoms with Crippen LogP contribution >= 0.6 is 0 Å². The number of ether oxygens (including phenoxy) is 2. The highest BCUT2D eigenvalue weighted by molar-refractivity contribution is 6.05. The van der Waals surface area contributed by atoms with Gasteiger partial charge in [-0.15, -0.1) is 0 Å². The summed E-state index contributed by atoms with van der Waals surface area (Å²) in [6.07, 6.45) is -0.309. The van der Waals surface area contributed by atoms with E-state index in [1.54, 1.807) is 12.1 Å².